The largest absolute Gasteiger partial charge is 0.490 e. The van der Waals surface area contributed by atoms with Crippen molar-refractivity contribution in [3.63, 3.8) is 0 Å². The molecule has 0 unspecified atom stereocenters. The maximum atomic E-state index is 11.2. The van der Waals surface area contributed by atoms with Gasteiger partial charge in [0.2, 0.25) is 0 Å². The topological polar surface area (TPSA) is 111 Å². The van der Waals surface area contributed by atoms with E-state index in [0.29, 0.717) is 36.5 Å². The minimum Gasteiger partial charge on any atom is -0.490 e. The number of nitrogens with one attached hydrogen (secondary N) is 2. The number of nitrogens with zero attached hydrogens (tertiary/aromatic N) is 2. The fraction of sp³-hybridized carbons (Fsp3) is 0.125. The van der Waals surface area contributed by atoms with Crippen LogP contribution < -0.4 is 10.1 Å². The number of carboxylic acid groups (broad SMARTS) is 1. The van der Waals surface area contributed by atoms with Crippen molar-refractivity contribution in [1.82, 2.24) is 15.3 Å². The molecule has 3 N–H and O–H groups in total. The van der Waals surface area contributed by atoms with Gasteiger partial charge in [-0.25, -0.2) is 4.79 Å². The summed E-state index contributed by atoms with van der Waals surface area (Å²) in [7, 11) is 0. The molecule has 0 saturated heterocycles. The maximum Gasteiger partial charge on any atom is 0.352 e. The van der Waals surface area contributed by atoms with E-state index in [2.05, 4.69) is 21.4 Å². The molecule has 0 bridgehead atoms. The van der Waals surface area contributed by atoms with Crippen LogP contribution in [0.25, 0.3) is 22.0 Å². The molecule has 0 radical (unpaired) electrons. The van der Waals surface area contributed by atoms with Crippen molar-refractivity contribution in [3.8, 4) is 22.9 Å². The number of rotatable bonds is 8. The highest BCUT2D eigenvalue weighted by molar-refractivity contribution is 5.95. The molecule has 31 heavy (non-hydrogen) atoms. The number of H-pyrrole nitrogens is 1. The molecule has 7 heteroatoms. The van der Waals surface area contributed by atoms with Crippen LogP contribution in [0.3, 0.4) is 0 Å². The Morgan fingerprint density at radius 1 is 1.13 bits per heavy atom. The zero-order chi connectivity index (χ0) is 21.6. The summed E-state index contributed by atoms with van der Waals surface area (Å²) >= 11 is 0. The molecule has 7 nitrogen and oxygen atoms in total. The lowest BCUT2D eigenvalue weighted by Crippen LogP contribution is -2.20. The molecule has 0 atom stereocenters. The summed E-state index contributed by atoms with van der Waals surface area (Å²) in [5.41, 5.74) is 4.37. The summed E-state index contributed by atoms with van der Waals surface area (Å²) in [6.45, 7) is 1.66. The van der Waals surface area contributed by atoms with Gasteiger partial charge in [-0.15, -0.1) is 0 Å². The summed E-state index contributed by atoms with van der Waals surface area (Å²) in [6.07, 6.45) is 3.59. The zero-order valence-electron chi connectivity index (χ0n) is 16.6. The zero-order valence-corrected chi connectivity index (χ0v) is 16.6. The van der Waals surface area contributed by atoms with Crippen LogP contribution in [-0.4, -0.2) is 34.2 Å². The molecule has 154 valence electrons. The van der Waals surface area contributed by atoms with E-state index in [1.54, 1.807) is 24.5 Å². The SMILES string of the molecule is N#Cc1cccc(-c2cncc(CNCCOc3cccc4cc(C(=O)O)[nH]c34)c2)c1. The molecule has 2 aromatic heterocycles. The minimum atomic E-state index is -1.00. The smallest absolute Gasteiger partial charge is 0.352 e. The van der Waals surface area contributed by atoms with E-state index in [0.717, 1.165) is 22.1 Å². The van der Waals surface area contributed by atoms with Gasteiger partial charge in [0.05, 0.1) is 17.1 Å². The lowest BCUT2D eigenvalue weighted by molar-refractivity contribution is 0.0691. The number of hydrogen-bond donors (Lipinski definition) is 3. The molecule has 0 amide bonds. The summed E-state index contributed by atoms with van der Waals surface area (Å²) in [5, 5.41) is 22.3. The van der Waals surface area contributed by atoms with E-state index in [-0.39, 0.29) is 5.69 Å². The van der Waals surface area contributed by atoms with Crippen molar-refractivity contribution in [2.75, 3.05) is 13.2 Å². The van der Waals surface area contributed by atoms with Gasteiger partial charge in [0.15, 0.2) is 0 Å². The normalized spacial score (nSPS) is 10.7. The second kappa shape index (κ2) is 9.11. The fourth-order valence-corrected chi connectivity index (χ4v) is 3.34. The Hall–Kier alpha value is -4.15. The molecule has 0 aliphatic carbocycles. The first-order chi connectivity index (χ1) is 15.1. The predicted octanol–water partition coefficient (Wildman–Crippen LogP) is 3.97. The number of fused-ring (bicyclic) bond motifs is 1. The van der Waals surface area contributed by atoms with Crippen LogP contribution in [0.1, 0.15) is 21.6 Å². The first-order valence-electron chi connectivity index (χ1n) is 9.77. The van der Waals surface area contributed by atoms with Crippen LogP contribution in [-0.2, 0) is 6.54 Å². The monoisotopic (exact) mass is 412 g/mol. The van der Waals surface area contributed by atoms with Crippen molar-refractivity contribution in [3.05, 3.63) is 83.8 Å². The number of aromatic carboxylic acids is 1. The van der Waals surface area contributed by atoms with Gasteiger partial charge in [-0.3, -0.25) is 4.98 Å². The van der Waals surface area contributed by atoms with Gasteiger partial charge in [-0.2, -0.15) is 5.26 Å². The predicted molar refractivity (Wildman–Crippen MR) is 117 cm³/mol. The van der Waals surface area contributed by atoms with Gasteiger partial charge in [-0.05, 0) is 41.5 Å². The first-order valence-corrected chi connectivity index (χ1v) is 9.77. The molecule has 4 rings (SSSR count). The van der Waals surface area contributed by atoms with Gasteiger partial charge >= 0.3 is 5.97 Å². The van der Waals surface area contributed by atoms with E-state index in [4.69, 9.17) is 15.1 Å². The Morgan fingerprint density at radius 2 is 2.00 bits per heavy atom. The average molecular weight is 412 g/mol. The Labute approximate surface area is 178 Å². The van der Waals surface area contributed by atoms with Crippen LogP contribution in [0.15, 0.2) is 67.0 Å². The third kappa shape index (κ3) is 4.71. The van der Waals surface area contributed by atoms with E-state index in [1.165, 1.54) is 0 Å². The summed E-state index contributed by atoms with van der Waals surface area (Å²) in [6, 6.07) is 18.7. The average Bonchev–Trinajstić information content (AvgIpc) is 3.25. The highest BCUT2D eigenvalue weighted by Gasteiger charge is 2.10. The fourth-order valence-electron chi connectivity index (χ4n) is 3.34. The van der Waals surface area contributed by atoms with Gasteiger partial charge in [-0.1, -0.05) is 24.3 Å². The number of aromatic nitrogens is 2. The Bertz CT molecular complexity index is 1270. The molecule has 4 aromatic rings. The van der Waals surface area contributed by atoms with Crippen LogP contribution in [0.4, 0.5) is 0 Å². The molecule has 0 aliphatic heterocycles. The van der Waals surface area contributed by atoms with Gasteiger partial charge < -0.3 is 20.1 Å². The number of aromatic amines is 1. The van der Waals surface area contributed by atoms with Crippen molar-refractivity contribution < 1.29 is 14.6 Å². The van der Waals surface area contributed by atoms with Gasteiger partial charge in [0, 0.05) is 36.4 Å². The minimum absolute atomic E-state index is 0.136. The first kappa shape index (κ1) is 20.1. The number of carboxylic acids is 1. The Kier molecular flexibility index (Phi) is 5.92. The van der Waals surface area contributed by atoms with Crippen molar-refractivity contribution in [2.45, 2.75) is 6.54 Å². The number of nitriles is 1. The Morgan fingerprint density at radius 3 is 2.84 bits per heavy atom. The number of pyridine rings is 1. The van der Waals surface area contributed by atoms with Crippen molar-refractivity contribution >= 4 is 16.9 Å². The second-order valence-electron chi connectivity index (χ2n) is 7.01. The number of carbonyl (C=O) groups is 1. The van der Waals surface area contributed by atoms with Crippen molar-refractivity contribution in [2.24, 2.45) is 0 Å². The molecule has 0 spiro atoms. The lowest BCUT2D eigenvalue weighted by Gasteiger charge is -2.09. The molecule has 2 heterocycles. The second-order valence-corrected chi connectivity index (χ2v) is 7.01. The molecular formula is C24H20N4O3. The molecular weight excluding hydrogens is 392 g/mol. The number of para-hydroxylation sites is 1. The molecule has 2 aromatic carbocycles. The van der Waals surface area contributed by atoms with E-state index in [9.17, 15) is 4.79 Å². The summed E-state index contributed by atoms with van der Waals surface area (Å²) < 4.78 is 5.84. The molecule has 0 aliphatic rings. The van der Waals surface area contributed by atoms with Gasteiger partial charge in [0.1, 0.15) is 18.1 Å². The number of hydrogen-bond acceptors (Lipinski definition) is 5. The third-order valence-electron chi connectivity index (χ3n) is 4.83. The lowest BCUT2D eigenvalue weighted by atomic mass is 10.0. The molecule has 0 saturated carbocycles. The summed E-state index contributed by atoms with van der Waals surface area (Å²) in [4.78, 5) is 18.4. The van der Waals surface area contributed by atoms with E-state index < -0.39 is 5.97 Å². The quantitative estimate of drug-likeness (QED) is 0.378. The van der Waals surface area contributed by atoms with Crippen LogP contribution >= 0.6 is 0 Å². The molecule has 0 fully saturated rings. The van der Waals surface area contributed by atoms with Crippen LogP contribution in [0.2, 0.25) is 0 Å². The number of benzene rings is 2. The summed E-state index contributed by atoms with van der Waals surface area (Å²) in [5.74, 6) is -0.383. The Balaban J connectivity index is 1.33. The van der Waals surface area contributed by atoms with E-state index >= 15 is 0 Å². The van der Waals surface area contributed by atoms with Crippen molar-refractivity contribution in [1.29, 1.82) is 5.26 Å². The highest BCUT2D eigenvalue weighted by atomic mass is 16.5. The number of ether oxygens (including phenoxy) is 1. The van der Waals surface area contributed by atoms with Crippen LogP contribution in [0.5, 0.6) is 5.75 Å². The van der Waals surface area contributed by atoms with Crippen LogP contribution in [0, 0.1) is 11.3 Å². The standard InChI is InChI=1S/C24H20N4O3/c25-12-16-3-1-4-18(9-16)20-10-17(14-27-15-20)13-26-7-8-31-22-6-2-5-19-11-21(24(29)30)28-23(19)22/h1-6,9-11,14-15,26,28H,7-8,13H2,(H,29,30). The third-order valence-corrected chi connectivity index (χ3v) is 4.83. The highest BCUT2D eigenvalue weighted by Crippen LogP contribution is 2.25. The maximum absolute atomic E-state index is 11.2. The van der Waals surface area contributed by atoms with E-state index in [1.807, 2.05) is 42.5 Å². The van der Waals surface area contributed by atoms with Gasteiger partial charge in [0.25, 0.3) is 0 Å².